The highest BCUT2D eigenvalue weighted by Gasteiger charge is 2.28. The highest BCUT2D eigenvalue weighted by atomic mass is 32.3. The molecule has 184 valence electrons. The first-order valence-corrected chi connectivity index (χ1v) is 15.2. The zero-order valence-corrected chi connectivity index (χ0v) is 21.3. The van der Waals surface area contributed by atoms with E-state index in [2.05, 4.69) is 35.7 Å². The molecule has 0 saturated carbocycles. The molecule has 0 spiro atoms. The highest BCUT2D eigenvalue weighted by molar-refractivity contribution is 8.47. The smallest absolute Gasteiger partial charge is 0.251 e. The predicted molar refractivity (Wildman–Crippen MR) is 140 cm³/mol. The molecule has 0 aliphatic heterocycles. The number of carbonyl (C=O) groups excluding carboxylic acids is 3. The van der Waals surface area contributed by atoms with E-state index in [0.29, 0.717) is 23.4 Å². The number of benzene rings is 2. The van der Waals surface area contributed by atoms with Gasteiger partial charge in [-0.3, -0.25) is 23.5 Å². The molecule has 0 fully saturated rings. The second kappa shape index (κ2) is 9.54. The number of rotatable bonds is 9. The Kier molecular flexibility index (Phi) is 7.12. The summed E-state index contributed by atoms with van der Waals surface area (Å²) in [6.07, 6.45) is 11.4. The topological polar surface area (TPSA) is 111 Å². The van der Waals surface area contributed by atoms with E-state index < -0.39 is 21.1 Å². The van der Waals surface area contributed by atoms with Crippen molar-refractivity contribution in [3.8, 4) is 5.75 Å². The van der Waals surface area contributed by atoms with Crippen LogP contribution in [-0.2, 0) is 14.4 Å². The first-order chi connectivity index (χ1) is 15.8. The van der Waals surface area contributed by atoms with Gasteiger partial charge >= 0.3 is 0 Å². The van der Waals surface area contributed by atoms with Crippen LogP contribution in [0.4, 0.5) is 5.69 Å². The lowest BCUT2D eigenvalue weighted by atomic mass is 9.84. The maximum Gasteiger partial charge on any atom is 0.251 e. The van der Waals surface area contributed by atoms with E-state index in [1.54, 1.807) is 37.5 Å². The molecule has 0 heterocycles. The fourth-order valence-corrected chi connectivity index (χ4v) is 5.06. The fourth-order valence-electron chi connectivity index (χ4n) is 3.72. The van der Waals surface area contributed by atoms with Crippen molar-refractivity contribution in [2.45, 2.75) is 23.8 Å². The third kappa shape index (κ3) is 6.41. The second-order valence-electron chi connectivity index (χ2n) is 10.6. The number of anilines is 1. The Morgan fingerprint density at radius 3 is 2.12 bits per heavy atom. The monoisotopic (exact) mass is 485 g/mol. The third-order valence-corrected chi connectivity index (χ3v) is 8.22. The number of carbonyl (C=O) groups is 3. The molecule has 0 bridgehead atoms. The van der Waals surface area contributed by atoms with E-state index in [9.17, 15) is 14.4 Å². The van der Waals surface area contributed by atoms with Crippen LogP contribution in [-0.4, -0.2) is 49.9 Å². The third-order valence-electron chi connectivity index (χ3n) is 5.86. The average Bonchev–Trinajstić information content (AvgIpc) is 2.73. The van der Waals surface area contributed by atoms with Crippen molar-refractivity contribution < 1.29 is 19.1 Å². The molecular weight excluding hydrogens is 450 g/mol. The molecule has 0 saturated heterocycles. The van der Waals surface area contributed by atoms with Crippen molar-refractivity contribution in [1.82, 2.24) is 5.32 Å². The lowest BCUT2D eigenvalue weighted by Crippen LogP contribution is -2.38. The van der Waals surface area contributed by atoms with Crippen LogP contribution in [0.2, 0.25) is 0 Å². The van der Waals surface area contributed by atoms with Gasteiger partial charge in [-0.1, -0.05) is 23.8 Å². The van der Waals surface area contributed by atoms with Crippen molar-refractivity contribution in [2.24, 2.45) is 11.7 Å². The van der Waals surface area contributed by atoms with E-state index in [0.717, 1.165) is 5.57 Å². The lowest BCUT2D eigenvalue weighted by Gasteiger charge is -2.47. The summed E-state index contributed by atoms with van der Waals surface area (Å²) in [6.45, 7) is 0. The van der Waals surface area contributed by atoms with Gasteiger partial charge in [-0.15, -0.1) is 0 Å². The minimum absolute atomic E-state index is 0.117. The molecule has 0 radical (unpaired) electrons. The summed E-state index contributed by atoms with van der Waals surface area (Å²) in [5.41, 5.74) is 7.41. The number of amides is 3. The average molecular weight is 486 g/mol. The van der Waals surface area contributed by atoms with E-state index in [-0.39, 0.29) is 24.2 Å². The Morgan fingerprint density at radius 1 is 1.03 bits per heavy atom. The molecule has 2 unspecified atom stereocenters. The van der Waals surface area contributed by atoms with Crippen LogP contribution >= 0.6 is 9.16 Å². The number of methoxy groups -OCH3 is 1. The SMILES string of the molecule is COc1ccc(C(NC(=O)CC2=CC(C(N)=O)C2)C(=O)Nc2ccc([SH](C)(C)(C)C)cc2)cc1. The van der Waals surface area contributed by atoms with Crippen molar-refractivity contribution in [3.63, 3.8) is 0 Å². The molecule has 1 aliphatic rings. The van der Waals surface area contributed by atoms with Crippen molar-refractivity contribution in [2.75, 3.05) is 37.4 Å². The molecule has 2 aromatic carbocycles. The minimum Gasteiger partial charge on any atom is -0.497 e. The largest absolute Gasteiger partial charge is 0.497 e. The Morgan fingerprint density at radius 2 is 1.62 bits per heavy atom. The molecule has 7 nitrogen and oxygen atoms in total. The van der Waals surface area contributed by atoms with Crippen LogP contribution in [0.15, 0.2) is 65.1 Å². The lowest BCUT2D eigenvalue weighted by molar-refractivity contribution is -0.126. The minimum atomic E-state index is -1.91. The highest BCUT2D eigenvalue weighted by Crippen LogP contribution is 2.63. The molecular formula is C26H35N3O4S. The van der Waals surface area contributed by atoms with Crippen LogP contribution in [0.1, 0.15) is 24.4 Å². The Labute approximate surface area is 201 Å². The van der Waals surface area contributed by atoms with E-state index in [4.69, 9.17) is 10.5 Å². The number of nitrogens with one attached hydrogen (secondary N) is 2. The van der Waals surface area contributed by atoms with Gasteiger partial charge in [-0.2, -0.15) is 0 Å². The fraction of sp³-hybridized carbons (Fsp3) is 0.346. The molecule has 34 heavy (non-hydrogen) atoms. The Hall–Kier alpha value is -3.26. The van der Waals surface area contributed by atoms with E-state index in [1.165, 1.54) is 4.90 Å². The van der Waals surface area contributed by atoms with E-state index >= 15 is 0 Å². The summed E-state index contributed by atoms with van der Waals surface area (Å²) in [5.74, 6) is -0.700. The van der Waals surface area contributed by atoms with Gasteiger partial charge in [0, 0.05) is 12.1 Å². The molecule has 3 amide bonds. The van der Waals surface area contributed by atoms with E-state index in [1.807, 2.05) is 24.3 Å². The summed E-state index contributed by atoms with van der Waals surface area (Å²) in [4.78, 5) is 38.4. The van der Waals surface area contributed by atoms with Gasteiger partial charge in [0.2, 0.25) is 11.8 Å². The molecule has 4 N–H and O–H groups in total. The molecule has 1 aliphatic carbocycles. The van der Waals surface area contributed by atoms with Crippen LogP contribution in [0.3, 0.4) is 0 Å². The maximum absolute atomic E-state index is 13.2. The summed E-state index contributed by atoms with van der Waals surface area (Å²) in [6, 6.07) is 14.0. The zero-order chi connectivity index (χ0) is 25.1. The Balaban J connectivity index is 1.76. The van der Waals surface area contributed by atoms with Gasteiger partial charge in [0.15, 0.2) is 0 Å². The van der Waals surface area contributed by atoms with Gasteiger partial charge in [0.25, 0.3) is 5.91 Å². The number of hydrogen-bond donors (Lipinski definition) is 4. The number of hydrogen-bond acceptors (Lipinski definition) is 4. The summed E-state index contributed by atoms with van der Waals surface area (Å²) >= 11 is 0. The number of primary amides is 1. The van der Waals surface area contributed by atoms with Crippen LogP contribution in [0.25, 0.3) is 0 Å². The van der Waals surface area contributed by atoms with Crippen LogP contribution in [0, 0.1) is 5.92 Å². The van der Waals surface area contributed by atoms with Crippen LogP contribution < -0.4 is 21.1 Å². The summed E-state index contributed by atoms with van der Waals surface area (Å²) in [7, 11) is -0.346. The first kappa shape index (κ1) is 25.4. The van der Waals surface area contributed by atoms with Crippen molar-refractivity contribution in [1.29, 1.82) is 0 Å². The second-order valence-corrected chi connectivity index (χ2v) is 18.3. The molecule has 0 aromatic heterocycles. The molecule has 2 atom stereocenters. The summed E-state index contributed by atoms with van der Waals surface area (Å²) < 4.78 is 5.21. The maximum atomic E-state index is 13.2. The molecule has 3 rings (SSSR count). The van der Waals surface area contributed by atoms with Crippen molar-refractivity contribution in [3.05, 3.63) is 65.7 Å². The zero-order valence-electron chi connectivity index (χ0n) is 20.4. The number of ether oxygens (including phenoxy) is 1. The predicted octanol–water partition coefficient (Wildman–Crippen LogP) is 3.26. The summed E-state index contributed by atoms with van der Waals surface area (Å²) in [5, 5.41) is 5.76. The molecule has 8 heteroatoms. The van der Waals surface area contributed by atoms with Gasteiger partial charge in [0.1, 0.15) is 11.8 Å². The van der Waals surface area contributed by atoms with Gasteiger partial charge in [-0.05, 0) is 78.3 Å². The quantitative estimate of drug-likeness (QED) is 0.323. The normalized spacial score (nSPS) is 17.3. The first-order valence-electron chi connectivity index (χ1n) is 11.2. The molecule has 2 aromatic rings. The number of thiol groups is 1. The Bertz CT molecular complexity index is 1110. The van der Waals surface area contributed by atoms with Gasteiger partial charge < -0.3 is 21.1 Å². The van der Waals surface area contributed by atoms with Crippen molar-refractivity contribution >= 4 is 32.6 Å². The van der Waals surface area contributed by atoms with Gasteiger partial charge in [-0.25, -0.2) is 0 Å². The van der Waals surface area contributed by atoms with Gasteiger partial charge in [0.05, 0.1) is 13.0 Å². The van der Waals surface area contributed by atoms with Crippen LogP contribution in [0.5, 0.6) is 5.75 Å². The number of nitrogens with two attached hydrogens (primary N) is 1. The standard InChI is InChI=1S/C26H35N3O4S/c1-33-21-10-6-18(7-11-21)24(29-23(30)16-17-14-19(15-17)25(27)31)26(32)28-20-8-12-22(13-9-20)34(2,3,4)5/h6-14,19,24,34H,15-16H2,1-5H3,(H2,27,31)(H,28,32)(H,29,30).